The minimum absolute atomic E-state index is 0.197. The van der Waals surface area contributed by atoms with Crippen molar-refractivity contribution >= 4 is 15.7 Å². The minimum Gasteiger partial charge on any atom is -0.367 e. The molecule has 1 aromatic rings. The van der Waals surface area contributed by atoms with Gasteiger partial charge in [-0.05, 0) is 31.4 Å². The number of hydrogen-bond acceptors (Lipinski definition) is 4. The molecular formula is C12H18N2O2S. The Kier molecular flexibility index (Phi) is 3.66. The highest BCUT2D eigenvalue weighted by molar-refractivity contribution is 7.91. The summed E-state index contributed by atoms with van der Waals surface area (Å²) < 4.78 is 23.1. The molecule has 2 atom stereocenters. The molecule has 0 bridgehead atoms. The van der Waals surface area contributed by atoms with Crippen LogP contribution in [0.1, 0.15) is 25.7 Å². The van der Waals surface area contributed by atoms with Crippen molar-refractivity contribution in [3.63, 3.8) is 0 Å². The van der Waals surface area contributed by atoms with E-state index in [1.54, 1.807) is 6.20 Å². The smallest absolute Gasteiger partial charge is 0.150 e. The third-order valence-electron chi connectivity index (χ3n) is 3.25. The second kappa shape index (κ2) is 5.04. The lowest BCUT2D eigenvalue weighted by Crippen LogP contribution is -2.34. The van der Waals surface area contributed by atoms with Crippen LogP contribution >= 0.6 is 0 Å². The van der Waals surface area contributed by atoms with Gasteiger partial charge in [0.05, 0.1) is 5.25 Å². The number of hydrogen-bond donors (Lipinski definition) is 1. The van der Waals surface area contributed by atoms with E-state index >= 15 is 0 Å². The van der Waals surface area contributed by atoms with E-state index in [9.17, 15) is 8.42 Å². The Balaban J connectivity index is 1.99. The summed E-state index contributed by atoms with van der Waals surface area (Å²) in [7, 11) is -2.91. The predicted molar refractivity (Wildman–Crippen MR) is 68.7 cm³/mol. The summed E-state index contributed by atoms with van der Waals surface area (Å²) in [4.78, 5) is 4.20. The van der Waals surface area contributed by atoms with Crippen molar-refractivity contribution in [2.75, 3.05) is 11.6 Å². The van der Waals surface area contributed by atoms with Crippen LogP contribution < -0.4 is 5.32 Å². The van der Waals surface area contributed by atoms with Crippen LogP contribution in [0.4, 0.5) is 5.82 Å². The quantitative estimate of drug-likeness (QED) is 0.894. The first kappa shape index (κ1) is 12.4. The standard InChI is InChI=1S/C12H18N2O2S/c1-17(15,16)11-6-4-5-10(9-11)14-12-7-2-3-8-13-12/h2-3,7-8,10-11H,4-6,9H2,1H3,(H,13,14)/t10-,11+/m1/s1. The highest BCUT2D eigenvalue weighted by atomic mass is 32.2. The van der Waals surface area contributed by atoms with Gasteiger partial charge in [-0.2, -0.15) is 0 Å². The number of nitrogens with zero attached hydrogens (tertiary/aromatic N) is 1. The minimum atomic E-state index is -2.91. The summed E-state index contributed by atoms with van der Waals surface area (Å²) in [5, 5.41) is 3.11. The average molecular weight is 254 g/mol. The van der Waals surface area contributed by atoms with Gasteiger partial charge in [-0.25, -0.2) is 13.4 Å². The maximum absolute atomic E-state index is 11.5. The topological polar surface area (TPSA) is 59.1 Å². The van der Waals surface area contributed by atoms with Crippen LogP contribution in [0.5, 0.6) is 0 Å². The molecule has 0 radical (unpaired) electrons. The predicted octanol–water partition coefficient (Wildman–Crippen LogP) is 1.85. The van der Waals surface area contributed by atoms with E-state index in [1.165, 1.54) is 6.26 Å². The number of rotatable bonds is 3. The maximum atomic E-state index is 11.5. The van der Waals surface area contributed by atoms with Crippen LogP contribution in [0, 0.1) is 0 Å². The Morgan fingerprint density at radius 1 is 1.35 bits per heavy atom. The van der Waals surface area contributed by atoms with E-state index in [0.29, 0.717) is 6.42 Å². The Bertz CT molecular complexity index is 459. The molecule has 1 heterocycles. The molecule has 1 aliphatic rings. The molecule has 0 unspecified atom stereocenters. The zero-order valence-corrected chi connectivity index (χ0v) is 10.8. The number of nitrogens with one attached hydrogen (secondary N) is 1. The third kappa shape index (κ3) is 3.43. The summed E-state index contributed by atoms with van der Waals surface area (Å²) in [5.74, 6) is 0.826. The van der Waals surface area contributed by atoms with Gasteiger partial charge in [0.1, 0.15) is 15.7 Å². The summed E-state index contributed by atoms with van der Waals surface area (Å²) in [6, 6.07) is 5.92. The highest BCUT2D eigenvalue weighted by Gasteiger charge is 2.28. The van der Waals surface area contributed by atoms with E-state index in [2.05, 4.69) is 10.3 Å². The van der Waals surface area contributed by atoms with E-state index in [0.717, 1.165) is 25.1 Å². The summed E-state index contributed by atoms with van der Waals surface area (Å²) in [5.41, 5.74) is 0. The van der Waals surface area contributed by atoms with Crippen LogP contribution in [0.15, 0.2) is 24.4 Å². The van der Waals surface area contributed by atoms with Gasteiger partial charge < -0.3 is 5.32 Å². The van der Waals surface area contributed by atoms with E-state index in [4.69, 9.17) is 0 Å². The SMILES string of the molecule is CS(=O)(=O)[C@H]1CCC[C@@H](Nc2ccccn2)C1. The molecule has 0 spiro atoms. The molecule has 1 saturated carbocycles. The second-order valence-electron chi connectivity index (χ2n) is 4.67. The largest absolute Gasteiger partial charge is 0.367 e. The molecule has 17 heavy (non-hydrogen) atoms. The van der Waals surface area contributed by atoms with Crippen LogP contribution in [0.25, 0.3) is 0 Å². The van der Waals surface area contributed by atoms with Crippen LogP contribution in [0.3, 0.4) is 0 Å². The van der Waals surface area contributed by atoms with Gasteiger partial charge in [0.25, 0.3) is 0 Å². The Hall–Kier alpha value is -1.10. The second-order valence-corrected chi connectivity index (χ2v) is 7.00. The van der Waals surface area contributed by atoms with Crippen molar-refractivity contribution in [3.05, 3.63) is 24.4 Å². The van der Waals surface area contributed by atoms with Crippen LogP contribution in [-0.4, -0.2) is 30.9 Å². The molecule has 4 nitrogen and oxygen atoms in total. The van der Waals surface area contributed by atoms with Crippen molar-refractivity contribution in [1.29, 1.82) is 0 Å². The average Bonchev–Trinajstić information content (AvgIpc) is 2.29. The molecule has 5 heteroatoms. The third-order valence-corrected chi connectivity index (χ3v) is 4.89. The van der Waals surface area contributed by atoms with Crippen LogP contribution in [0.2, 0.25) is 0 Å². The van der Waals surface area contributed by atoms with Crippen molar-refractivity contribution in [1.82, 2.24) is 4.98 Å². The number of aromatic nitrogens is 1. The Morgan fingerprint density at radius 2 is 2.18 bits per heavy atom. The molecule has 1 aromatic heterocycles. The number of pyridine rings is 1. The first-order chi connectivity index (χ1) is 8.05. The lowest BCUT2D eigenvalue weighted by molar-refractivity contribution is 0.452. The molecule has 1 fully saturated rings. The van der Waals surface area contributed by atoms with Gasteiger partial charge >= 0.3 is 0 Å². The lowest BCUT2D eigenvalue weighted by atomic mass is 9.95. The molecule has 2 rings (SSSR count). The van der Waals surface area contributed by atoms with Crippen LogP contribution in [-0.2, 0) is 9.84 Å². The fraction of sp³-hybridized carbons (Fsp3) is 0.583. The Morgan fingerprint density at radius 3 is 2.82 bits per heavy atom. The first-order valence-corrected chi connectivity index (χ1v) is 7.87. The molecule has 0 aromatic carbocycles. The molecule has 1 N–H and O–H groups in total. The molecule has 0 saturated heterocycles. The van der Waals surface area contributed by atoms with Crippen molar-refractivity contribution in [2.24, 2.45) is 0 Å². The molecular weight excluding hydrogens is 236 g/mol. The van der Waals surface area contributed by atoms with Gasteiger partial charge in [-0.3, -0.25) is 0 Å². The molecule has 1 aliphatic carbocycles. The van der Waals surface area contributed by atoms with Crippen molar-refractivity contribution in [2.45, 2.75) is 37.0 Å². The highest BCUT2D eigenvalue weighted by Crippen LogP contribution is 2.25. The number of anilines is 1. The molecule has 94 valence electrons. The van der Waals surface area contributed by atoms with E-state index in [-0.39, 0.29) is 11.3 Å². The zero-order chi connectivity index (χ0) is 12.3. The van der Waals surface area contributed by atoms with Gasteiger partial charge in [0, 0.05) is 18.5 Å². The lowest BCUT2D eigenvalue weighted by Gasteiger charge is -2.28. The van der Waals surface area contributed by atoms with Crippen molar-refractivity contribution < 1.29 is 8.42 Å². The van der Waals surface area contributed by atoms with Gasteiger partial charge in [-0.1, -0.05) is 12.5 Å². The summed E-state index contributed by atoms with van der Waals surface area (Å²) in [6.45, 7) is 0. The molecule has 0 amide bonds. The molecule has 0 aliphatic heterocycles. The maximum Gasteiger partial charge on any atom is 0.150 e. The van der Waals surface area contributed by atoms with E-state index < -0.39 is 9.84 Å². The summed E-state index contributed by atoms with van der Waals surface area (Å²) >= 11 is 0. The van der Waals surface area contributed by atoms with Gasteiger partial charge in [0.15, 0.2) is 0 Å². The fourth-order valence-electron chi connectivity index (χ4n) is 2.32. The fourth-order valence-corrected chi connectivity index (χ4v) is 3.50. The zero-order valence-electron chi connectivity index (χ0n) is 9.96. The van der Waals surface area contributed by atoms with Gasteiger partial charge in [0.2, 0.25) is 0 Å². The number of sulfone groups is 1. The monoisotopic (exact) mass is 254 g/mol. The van der Waals surface area contributed by atoms with Gasteiger partial charge in [-0.15, -0.1) is 0 Å². The Labute approximate surface area is 102 Å². The van der Waals surface area contributed by atoms with Crippen molar-refractivity contribution in [3.8, 4) is 0 Å². The van der Waals surface area contributed by atoms with E-state index in [1.807, 2.05) is 18.2 Å². The first-order valence-electron chi connectivity index (χ1n) is 5.92. The normalized spacial score (nSPS) is 25.5. The summed E-state index contributed by atoms with van der Waals surface area (Å²) in [6.07, 6.45) is 6.53.